The van der Waals surface area contributed by atoms with Gasteiger partial charge in [-0.25, -0.2) is 4.98 Å². The fourth-order valence-corrected chi connectivity index (χ4v) is 2.40. The molecule has 0 aliphatic rings. The van der Waals surface area contributed by atoms with Crippen LogP contribution in [0.25, 0.3) is 11.0 Å². The lowest BCUT2D eigenvalue weighted by Gasteiger charge is -2.13. The molecule has 1 unspecified atom stereocenters. The number of halogens is 1. The van der Waals surface area contributed by atoms with Crippen LogP contribution in [0.5, 0.6) is 0 Å². The van der Waals surface area contributed by atoms with Crippen molar-refractivity contribution in [2.45, 2.75) is 45.7 Å². The summed E-state index contributed by atoms with van der Waals surface area (Å²) >= 11 is 6.02. The molecule has 2 rings (SSSR count). The van der Waals surface area contributed by atoms with Gasteiger partial charge in [0.05, 0.1) is 11.0 Å². The van der Waals surface area contributed by atoms with Crippen molar-refractivity contribution in [3.8, 4) is 0 Å². The maximum atomic E-state index is 6.02. The number of fused-ring (bicyclic) bond motifs is 1. The Kier molecular flexibility index (Phi) is 3.93. The van der Waals surface area contributed by atoms with Crippen molar-refractivity contribution in [3.63, 3.8) is 0 Å². The molecule has 0 bridgehead atoms. The summed E-state index contributed by atoms with van der Waals surface area (Å²) in [6.07, 6.45) is 1.85. The van der Waals surface area contributed by atoms with E-state index in [2.05, 4.69) is 23.4 Å². The molecule has 3 nitrogen and oxygen atoms in total. The van der Waals surface area contributed by atoms with Crippen molar-refractivity contribution in [3.05, 3.63) is 29.0 Å². The van der Waals surface area contributed by atoms with Gasteiger partial charge in [-0.15, -0.1) is 0 Å². The first-order valence-electron chi connectivity index (χ1n) is 6.41. The number of hydrogen-bond donors (Lipinski definition) is 1. The van der Waals surface area contributed by atoms with Gasteiger partial charge >= 0.3 is 0 Å². The molecule has 0 amide bonds. The summed E-state index contributed by atoms with van der Waals surface area (Å²) in [6, 6.07) is 6.47. The summed E-state index contributed by atoms with van der Waals surface area (Å²) < 4.78 is 2.27. The van der Waals surface area contributed by atoms with E-state index in [1.165, 1.54) is 0 Å². The van der Waals surface area contributed by atoms with Crippen molar-refractivity contribution in [2.24, 2.45) is 5.73 Å². The second-order valence-electron chi connectivity index (χ2n) is 5.14. The summed E-state index contributed by atoms with van der Waals surface area (Å²) in [6.45, 7) is 6.37. The SMILES string of the molecule is CC(N)CCc1nc2cc(Cl)ccc2n1C(C)C. The number of imidazole rings is 1. The smallest absolute Gasteiger partial charge is 0.110 e. The highest BCUT2D eigenvalue weighted by atomic mass is 35.5. The van der Waals surface area contributed by atoms with E-state index < -0.39 is 0 Å². The van der Waals surface area contributed by atoms with E-state index >= 15 is 0 Å². The molecule has 0 saturated heterocycles. The predicted octanol–water partition coefficient (Wildman–Crippen LogP) is 3.55. The van der Waals surface area contributed by atoms with Gasteiger partial charge in [0.1, 0.15) is 5.82 Å². The number of aryl methyl sites for hydroxylation is 1. The molecule has 0 aliphatic heterocycles. The molecule has 4 heteroatoms. The van der Waals surface area contributed by atoms with Crippen LogP contribution >= 0.6 is 11.6 Å². The monoisotopic (exact) mass is 265 g/mol. The summed E-state index contributed by atoms with van der Waals surface area (Å²) in [5, 5.41) is 0.731. The normalized spacial score (nSPS) is 13.4. The number of aromatic nitrogens is 2. The third-order valence-corrected chi connectivity index (χ3v) is 3.30. The van der Waals surface area contributed by atoms with Crippen molar-refractivity contribution in [1.82, 2.24) is 9.55 Å². The Hall–Kier alpha value is -1.06. The minimum Gasteiger partial charge on any atom is -0.328 e. The molecule has 18 heavy (non-hydrogen) atoms. The second-order valence-corrected chi connectivity index (χ2v) is 5.58. The zero-order valence-corrected chi connectivity index (χ0v) is 11.9. The molecule has 2 N–H and O–H groups in total. The van der Waals surface area contributed by atoms with E-state index in [0.717, 1.165) is 34.7 Å². The molecule has 1 aromatic carbocycles. The maximum Gasteiger partial charge on any atom is 0.110 e. The Morgan fingerprint density at radius 3 is 2.67 bits per heavy atom. The Labute approximate surface area is 113 Å². The van der Waals surface area contributed by atoms with Gasteiger partial charge in [0, 0.05) is 23.5 Å². The molecule has 98 valence electrons. The molecule has 2 aromatic rings. The molecule has 1 heterocycles. The lowest BCUT2D eigenvalue weighted by molar-refractivity contribution is 0.559. The Morgan fingerprint density at radius 2 is 2.06 bits per heavy atom. The minimum atomic E-state index is 0.203. The van der Waals surface area contributed by atoms with Gasteiger partial charge in [-0.3, -0.25) is 0 Å². The highest BCUT2D eigenvalue weighted by molar-refractivity contribution is 6.31. The van der Waals surface area contributed by atoms with Gasteiger partial charge < -0.3 is 10.3 Å². The Balaban J connectivity index is 2.47. The van der Waals surface area contributed by atoms with E-state index in [-0.39, 0.29) is 6.04 Å². The standard InChI is InChI=1S/C14H20ClN3/c1-9(2)18-13-6-5-11(15)8-12(13)17-14(18)7-4-10(3)16/h5-6,8-10H,4,7,16H2,1-3H3. The summed E-state index contributed by atoms with van der Waals surface area (Å²) in [4.78, 5) is 4.69. The molecule has 0 spiro atoms. The summed E-state index contributed by atoms with van der Waals surface area (Å²) in [5.41, 5.74) is 7.94. The summed E-state index contributed by atoms with van der Waals surface area (Å²) in [7, 11) is 0. The average Bonchev–Trinajstić information content (AvgIpc) is 2.63. The second kappa shape index (κ2) is 5.29. The first-order chi connectivity index (χ1) is 8.49. The number of benzene rings is 1. The summed E-state index contributed by atoms with van der Waals surface area (Å²) in [5.74, 6) is 1.10. The lowest BCUT2D eigenvalue weighted by atomic mass is 10.2. The van der Waals surface area contributed by atoms with E-state index in [1.807, 2.05) is 25.1 Å². The Bertz CT molecular complexity index is 543. The van der Waals surface area contributed by atoms with Gasteiger partial charge in [-0.2, -0.15) is 0 Å². The van der Waals surface area contributed by atoms with E-state index in [0.29, 0.717) is 6.04 Å². The minimum absolute atomic E-state index is 0.203. The average molecular weight is 266 g/mol. The van der Waals surface area contributed by atoms with Crippen LogP contribution in [0.4, 0.5) is 0 Å². The van der Waals surface area contributed by atoms with Gasteiger partial charge in [-0.05, 0) is 45.4 Å². The van der Waals surface area contributed by atoms with Crippen LogP contribution in [-0.4, -0.2) is 15.6 Å². The van der Waals surface area contributed by atoms with Crippen LogP contribution in [0.3, 0.4) is 0 Å². The van der Waals surface area contributed by atoms with Crippen LogP contribution in [0.2, 0.25) is 5.02 Å². The van der Waals surface area contributed by atoms with Crippen LogP contribution in [-0.2, 0) is 6.42 Å². The van der Waals surface area contributed by atoms with Crippen LogP contribution < -0.4 is 5.73 Å². The lowest BCUT2D eigenvalue weighted by Crippen LogP contribution is -2.17. The zero-order valence-electron chi connectivity index (χ0n) is 11.2. The molecule has 0 radical (unpaired) electrons. The van der Waals surface area contributed by atoms with Crippen molar-refractivity contribution < 1.29 is 0 Å². The third kappa shape index (κ3) is 2.68. The first-order valence-corrected chi connectivity index (χ1v) is 6.78. The van der Waals surface area contributed by atoms with Crippen LogP contribution in [0, 0.1) is 0 Å². The zero-order chi connectivity index (χ0) is 13.3. The highest BCUT2D eigenvalue weighted by Gasteiger charge is 2.13. The predicted molar refractivity (Wildman–Crippen MR) is 77.1 cm³/mol. The van der Waals surface area contributed by atoms with Gasteiger partial charge in [-0.1, -0.05) is 11.6 Å². The molecule has 0 saturated carbocycles. The molecular weight excluding hydrogens is 246 g/mol. The number of nitrogens with zero attached hydrogens (tertiary/aromatic N) is 2. The molecule has 0 fully saturated rings. The molecular formula is C14H20ClN3. The van der Waals surface area contributed by atoms with E-state index in [1.54, 1.807) is 0 Å². The van der Waals surface area contributed by atoms with Crippen molar-refractivity contribution in [2.75, 3.05) is 0 Å². The maximum absolute atomic E-state index is 6.02. The molecule has 1 atom stereocenters. The van der Waals surface area contributed by atoms with Crippen molar-refractivity contribution >= 4 is 22.6 Å². The quantitative estimate of drug-likeness (QED) is 0.919. The van der Waals surface area contributed by atoms with Crippen LogP contribution in [0.1, 0.15) is 39.1 Å². The number of hydrogen-bond acceptors (Lipinski definition) is 2. The fourth-order valence-electron chi connectivity index (χ4n) is 2.23. The highest BCUT2D eigenvalue weighted by Crippen LogP contribution is 2.24. The van der Waals surface area contributed by atoms with E-state index in [4.69, 9.17) is 17.3 Å². The van der Waals surface area contributed by atoms with E-state index in [9.17, 15) is 0 Å². The first kappa shape index (κ1) is 13.4. The topological polar surface area (TPSA) is 43.8 Å². The van der Waals surface area contributed by atoms with Gasteiger partial charge in [0.25, 0.3) is 0 Å². The number of rotatable bonds is 4. The molecule has 0 aliphatic carbocycles. The molecule has 1 aromatic heterocycles. The van der Waals surface area contributed by atoms with Crippen LogP contribution in [0.15, 0.2) is 18.2 Å². The number of nitrogens with two attached hydrogens (primary N) is 1. The fraction of sp³-hybridized carbons (Fsp3) is 0.500. The van der Waals surface area contributed by atoms with Gasteiger partial charge in [0.2, 0.25) is 0 Å². The van der Waals surface area contributed by atoms with Gasteiger partial charge in [0.15, 0.2) is 0 Å². The largest absolute Gasteiger partial charge is 0.328 e. The van der Waals surface area contributed by atoms with Crippen molar-refractivity contribution in [1.29, 1.82) is 0 Å². The Morgan fingerprint density at radius 1 is 1.33 bits per heavy atom. The third-order valence-electron chi connectivity index (χ3n) is 3.06.